The van der Waals surface area contributed by atoms with Crippen molar-refractivity contribution < 1.29 is 17.7 Å². The first-order valence-corrected chi connectivity index (χ1v) is 10.5. The molecule has 10 heteroatoms. The van der Waals surface area contributed by atoms with Crippen LogP contribution in [0.3, 0.4) is 0 Å². The number of nitrogens with zero attached hydrogens (tertiary/aromatic N) is 3. The highest BCUT2D eigenvalue weighted by Gasteiger charge is 2.32. The molecule has 1 saturated heterocycles. The average molecular weight is 432 g/mol. The normalized spacial score (nSPS) is 15.9. The Kier molecular flexibility index (Phi) is 5.81. The summed E-state index contributed by atoms with van der Waals surface area (Å²) in [4.78, 5) is 14.2. The third-order valence-electron chi connectivity index (χ3n) is 4.61. The molecule has 1 aromatic heterocycles. The van der Waals surface area contributed by atoms with E-state index in [0.29, 0.717) is 29.6 Å². The first-order valence-electron chi connectivity index (χ1n) is 8.35. The number of aromatic nitrogens is 1. The van der Waals surface area contributed by atoms with Crippen molar-refractivity contribution in [2.24, 2.45) is 0 Å². The molecule has 1 aliphatic rings. The Morgan fingerprint density at radius 3 is 2.44 bits per heavy atom. The fraction of sp³-hybridized carbons (Fsp3) is 0.412. The van der Waals surface area contributed by atoms with Crippen molar-refractivity contribution >= 4 is 39.1 Å². The Morgan fingerprint density at radius 1 is 1.19 bits per heavy atom. The molecule has 3 rings (SSSR count). The third-order valence-corrected chi connectivity index (χ3v) is 7.23. The van der Waals surface area contributed by atoms with Crippen molar-refractivity contribution in [2.75, 3.05) is 26.2 Å². The van der Waals surface area contributed by atoms with Crippen molar-refractivity contribution in [2.45, 2.75) is 25.2 Å². The number of hydrogen-bond donors (Lipinski definition) is 0. The maximum Gasteiger partial charge on any atom is 0.244 e. The van der Waals surface area contributed by atoms with Crippen LogP contribution in [0.4, 0.5) is 0 Å². The second kappa shape index (κ2) is 7.79. The Labute approximate surface area is 167 Å². The minimum atomic E-state index is -3.77. The molecule has 1 aliphatic heterocycles. The molecule has 0 aliphatic carbocycles. The van der Waals surface area contributed by atoms with Gasteiger partial charge in [-0.15, -0.1) is 0 Å². The molecule has 0 N–H and O–H groups in total. The third kappa shape index (κ3) is 4.13. The minimum absolute atomic E-state index is 0.0211. The van der Waals surface area contributed by atoms with E-state index in [2.05, 4.69) is 5.16 Å². The predicted octanol–water partition coefficient (Wildman–Crippen LogP) is 2.67. The van der Waals surface area contributed by atoms with Crippen LogP contribution in [0.2, 0.25) is 10.0 Å². The molecule has 0 bridgehead atoms. The van der Waals surface area contributed by atoms with Gasteiger partial charge in [0, 0.05) is 36.8 Å². The van der Waals surface area contributed by atoms with Crippen LogP contribution in [0.5, 0.6) is 0 Å². The van der Waals surface area contributed by atoms with Crippen LogP contribution in [0.1, 0.15) is 17.0 Å². The van der Waals surface area contributed by atoms with Crippen molar-refractivity contribution in [3.8, 4) is 0 Å². The number of halogens is 2. The largest absolute Gasteiger partial charge is 0.361 e. The van der Waals surface area contributed by atoms with E-state index in [0.717, 1.165) is 5.56 Å². The highest BCUT2D eigenvalue weighted by atomic mass is 35.5. The average Bonchev–Trinajstić information content (AvgIpc) is 2.95. The number of benzene rings is 1. The Balaban J connectivity index is 1.68. The maximum atomic E-state index is 12.8. The summed E-state index contributed by atoms with van der Waals surface area (Å²) in [5.41, 5.74) is 1.47. The van der Waals surface area contributed by atoms with Gasteiger partial charge in [0.1, 0.15) is 10.7 Å². The van der Waals surface area contributed by atoms with Crippen molar-refractivity contribution in [3.05, 3.63) is 45.3 Å². The summed E-state index contributed by atoms with van der Waals surface area (Å²) in [6.45, 7) is 4.55. The fourth-order valence-electron chi connectivity index (χ4n) is 3.01. The molecule has 7 nitrogen and oxygen atoms in total. The SMILES string of the molecule is Cc1noc(C)c1CC(=O)N1CCN(S(=O)(=O)c2cc(Cl)ccc2Cl)CC1. The van der Waals surface area contributed by atoms with E-state index in [1.54, 1.807) is 18.7 Å². The van der Waals surface area contributed by atoms with Crippen LogP contribution >= 0.6 is 23.2 Å². The van der Waals surface area contributed by atoms with Gasteiger partial charge in [0.05, 0.1) is 17.1 Å². The minimum Gasteiger partial charge on any atom is -0.361 e. The van der Waals surface area contributed by atoms with Crippen molar-refractivity contribution in [1.82, 2.24) is 14.4 Å². The maximum absolute atomic E-state index is 12.8. The quantitative estimate of drug-likeness (QED) is 0.742. The molecule has 2 aromatic rings. The van der Waals surface area contributed by atoms with Gasteiger partial charge in [-0.2, -0.15) is 4.31 Å². The highest BCUT2D eigenvalue weighted by Crippen LogP contribution is 2.28. The van der Waals surface area contributed by atoms with E-state index in [9.17, 15) is 13.2 Å². The molecule has 1 amide bonds. The zero-order valence-corrected chi connectivity index (χ0v) is 17.2. The molecule has 1 fully saturated rings. The van der Waals surface area contributed by atoms with Crippen LogP contribution in [0, 0.1) is 13.8 Å². The molecule has 0 spiro atoms. The van der Waals surface area contributed by atoms with Gasteiger partial charge < -0.3 is 9.42 Å². The zero-order valence-electron chi connectivity index (χ0n) is 14.9. The molecular weight excluding hydrogens is 413 g/mol. The lowest BCUT2D eigenvalue weighted by Crippen LogP contribution is -2.50. The Morgan fingerprint density at radius 2 is 1.85 bits per heavy atom. The van der Waals surface area contributed by atoms with Crippen LogP contribution in [0.15, 0.2) is 27.6 Å². The summed E-state index contributed by atoms with van der Waals surface area (Å²) < 4.78 is 32.1. The van der Waals surface area contributed by atoms with Crippen molar-refractivity contribution in [1.29, 1.82) is 0 Å². The zero-order chi connectivity index (χ0) is 19.8. The molecule has 0 atom stereocenters. The van der Waals surface area contributed by atoms with Gasteiger partial charge in [-0.1, -0.05) is 28.4 Å². The summed E-state index contributed by atoms with van der Waals surface area (Å²) in [7, 11) is -3.77. The number of rotatable bonds is 4. The van der Waals surface area contributed by atoms with E-state index in [1.807, 2.05) is 0 Å². The lowest BCUT2D eigenvalue weighted by molar-refractivity contribution is -0.131. The second-order valence-electron chi connectivity index (χ2n) is 6.34. The van der Waals surface area contributed by atoms with E-state index < -0.39 is 10.0 Å². The summed E-state index contributed by atoms with van der Waals surface area (Å²) in [6.07, 6.45) is 0.189. The highest BCUT2D eigenvalue weighted by molar-refractivity contribution is 7.89. The van der Waals surface area contributed by atoms with Gasteiger partial charge in [0.2, 0.25) is 15.9 Å². The van der Waals surface area contributed by atoms with Gasteiger partial charge in [-0.05, 0) is 32.0 Å². The van der Waals surface area contributed by atoms with Crippen LogP contribution in [0.25, 0.3) is 0 Å². The van der Waals surface area contributed by atoms with Gasteiger partial charge in [0.15, 0.2) is 0 Å². The second-order valence-corrected chi connectivity index (χ2v) is 9.09. The lowest BCUT2D eigenvalue weighted by atomic mass is 10.1. The fourth-order valence-corrected chi connectivity index (χ4v) is 5.17. The van der Waals surface area contributed by atoms with Crippen LogP contribution < -0.4 is 0 Å². The van der Waals surface area contributed by atoms with E-state index in [1.165, 1.54) is 22.5 Å². The van der Waals surface area contributed by atoms with E-state index >= 15 is 0 Å². The number of aryl methyl sites for hydroxylation is 2. The molecule has 2 heterocycles. The smallest absolute Gasteiger partial charge is 0.244 e. The van der Waals surface area contributed by atoms with E-state index in [-0.39, 0.29) is 35.3 Å². The Hall–Kier alpha value is -1.61. The summed E-state index contributed by atoms with van der Waals surface area (Å²) in [6, 6.07) is 4.34. The number of amides is 1. The number of carbonyl (C=O) groups is 1. The number of sulfonamides is 1. The van der Waals surface area contributed by atoms with Gasteiger partial charge >= 0.3 is 0 Å². The van der Waals surface area contributed by atoms with Gasteiger partial charge in [-0.25, -0.2) is 8.42 Å². The standard InChI is InChI=1S/C17H19Cl2N3O4S/c1-11-14(12(2)26-20-11)10-17(23)21-5-7-22(8-6-21)27(24,25)16-9-13(18)3-4-15(16)19/h3-4,9H,5-8,10H2,1-2H3. The number of piperazine rings is 1. The molecule has 0 radical (unpaired) electrons. The van der Waals surface area contributed by atoms with Crippen LogP contribution in [-0.4, -0.2) is 54.9 Å². The molecule has 0 unspecified atom stereocenters. The number of carbonyl (C=O) groups excluding carboxylic acids is 1. The lowest BCUT2D eigenvalue weighted by Gasteiger charge is -2.34. The Bertz CT molecular complexity index is 947. The molecular formula is C17H19Cl2N3O4S. The monoisotopic (exact) mass is 431 g/mol. The van der Waals surface area contributed by atoms with Crippen molar-refractivity contribution in [3.63, 3.8) is 0 Å². The molecule has 1 aromatic carbocycles. The van der Waals surface area contributed by atoms with Crippen LogP contribution in [-0.2, 0) is 21.2 Å². The van der Waals surface area contributed by atoms with Gasteiger partial charge in [0.25, 0.3) is 0 Å². The van der Waals surface area contributed by atoms with Gasteiger partial charge in [-0.3, -0.25) is 4.79 Å². The summed E-state index contributed by atoms with van der Waals surface area (Å²) in [5, 5.41) is 4.27. The predicted molar refractivity (Wildman–Crippen MR) is 101 cm³/mol. The first kappa shape index (κ1) is 20.1. The summed E-state index contributed by atoms with van der Waals surface area (Å²) in [5.74, 6) is 0.542. The molecule has 0 saturated carbocycles. The summed E-state index contributed by atoms with van der Waals surface area (Å²) >= 11 is 12.0. The molecule has 27 heavy (non-hydrogen) atoms. The molecule has 146 valence electrons. The first-order chi connectivity index (χ1) is 12.7. The number of hydrogen-bond acceptors (Lipinski definition) is 5. The van der Waals surface area contributed by atoms with E-state index in [4.69, 9.17) is 27.7 Å². The topological polar surface area (TPSA) is 83.7 Å².